The van der Waals surface area contributed by atoms with Crippen LogP contribution in [-0.2, 0) is 6.54 Å². The Morgan fingerprint density at radius 2 is 2.05 bits per heavy atom. The molecule has 0 radical (unpaired) electrons. The lowest BCUT2D eigenvalue weighted by atomic mass is 10.1. The van der Waals surface area contributed by atoms with Crippen LogP contribution in [0.2, 0.25) is 0 Å². The van der Waals surface area contributed by atoms with Crippen molar-refractivity contribution in [3.63, 3.8) is 0 Å². The quantitative estimate of drug-likeness (QED) is 0.889. The number of amides is 2. The lowest BCUT2D eigenvalue weighted by Gasteiger charge is -2.07. The van der Waals surface area contributed by atoms with Crippen LogP contribution in [0.4, 0.5) is 0 Å². The van der Waals surface area contributed by atoms with Crippen LogP contribution < -0.4 is 10.6 Å². The first kappa shape index (κ1) is 15.2. The van der Waals surface area contributed by atoms with Gasteiger partial charge in [0.1, 0.15) is 4.88 Å². The van der Waals surface area contributed by atoms with Crippen LogP contribution in [0.5, 0.6) is 0 Å². The highest BCUT2D eigenvalue weighted by Gasteiger charge is 2.11. The number of aryl methyl sites for hydroxylation is 1. The van der Waals surface area contributed by atoms with E-state index in [1.807, 2.05) is 19.1 Å². The third kappa shape index (κ3) is 3.88. The Balaban J connectivity index is 2.00. The van der Waals surface area contributed by atoms with Crippen LogP contribution in [0.1, 0.15) is 38.2 Å². The average molecular weight is 303 g/mol. The molecule has 0 saturated carbocycles. The fourth-order valence-electron chi connectivity index (χ4n) is 1.87. The maximum Gasteiger partial charge on any atom is 0.263 e. The van der Waals surface area contributed by atoms with Crippen LogP contribution in [0.3, 0.4) is 0 Å². The topological polar surface area (TPSA) is 71.1 Å². The molecule has 2 amide bonds. The molecule has 0 saturated heterocycles. The van der Waals surface area contributed by atoms with E-state index in [-0.39, 0.29) is 11.8 Å². The van der Waals surface area contributed by atoms with Crippen molar-refractivity contribution in [2.45, 2.75) is 20.4 Å². The van der Waals surface area contributed by atoms with Crippen molar-refractivity contribution in [2.24, 2.45) is 0 Å². The number of carbonyl (C=O) groups is 2. The van der Waals surface area contributed by atoms with Gasteiger partial charge in [-0.2, -0.15) is 0 Å². The fourth-order valence-corrected chi connectivity index (χ4v) is 2.59. The molecule has 0 aliphatic carbocycles. The van der Waals surface area contributed by atoms with E-state index in [0.717, 1.165) is 11.3 Å². The van der Waals surface area contributed by atoms with Gasteiger partial charge in [-0.15, -0.1) is 11.3 Å². The number of nitrogens with one attached hydrogen (secondary N) is 2. The summed E-state index contributed by atoms with van der Waals surface area (Å²) in [6.45, 7) is 4.65. The largest absolute Gasteiger partial charge is 0.352 e. The molecule has 0 spiro atoms. The molecular weight excluding hydrogens is 286 g/mol. The Bertz CT molecular complexity index is 652. The molecule has 1 aromatic heterocycles. The normalized spacial score (nSPS) is 10.2. The SMILES string of the molecule is CCNC(=O)c1cccc(CNC(=O)c2scnc2C)c1. The van der Waals surface area contributed by atoms with E-state index in [2.05, 4.69) is 15.6 Å². The van der Waals surface area contributed by atoms with E-state index in [4.69, 9.17) is 0 Å². The molecular formula is C15H17N3O2S. The standard InChI is InChI=1S/C15H17N3O2S/c1-3-16-14(19)12-6-4-5-11(7-12)8-17-15(20)13-10(2)18-9-21-13/h4-7,9H,3,8H2,1-2H3,(H,16,19)(H,17,20). The minimum absolute atomic E-state index is 0.107. The van der Waals surface area contributed by atoms with Gasteiger partial charge in [-0.25, -0.2) is 4.98 Å². The molecule has 110 valence electrons. The number of carbonyl (C=O) groups excluding carboxylic acids is 2. The molecule has 1 aromatic carbocycles. The smallest absolute Gasteiger partial charge is 0.263 e. The Hall–Kier alpha value is -2.21. The van der Waals surface area contributed by atoms with E-state index in [9.17, 15) is 9.59 Å². The van der Waals surface area contributed by atoms with E-state index in [1.54, 1.807) is 24.6 Å². The molecule has 2 N–H and O–H groups in total. The number of thiazole rings is 1. The van der Waals surface area contributed by atoms with Crippen molar-refractivity contribution in [3.8, 4) is 0 Å². The monoisotopic (exact) mass is 303 g/mol. The lowest BCUT2D eigenvalue weighted by Crippen LogP contribution is -2.24. The van der Waals surface area contributed by atoms with E-state index >= 15 is 0 Å². The number of nitrogens with zero attached hydrogens (tertiary/aromatic N) is 1. The molecule has 6 heteroatoms. The van der Waals surface area contributed by atoms with Crippen LogP contribution in [0, 0.1) is 6.92 Å². The van der Waals surface area contributed by atoms with Gasteiger partial charge in [0, 0.05) is 18.7 Å². The number of hydrogen-bond donors (Lipinski definition) is 2. The van der Waals surface area contributed by atoms with Crippen LogP contribution in [-0.4, -0.2) is 23.3 Å². The van der Waals surface area contributed by atoms with Gasteiger partial charge in [-0.1, -0.05) is 12.1 Å². The summed E-state index contributed by atoms with van der Waals surface area (Å²) in [5, 5.41) is 5.59. The maximum atomic E-state index is 12.0. The van der Waals surface area contributed by atoms with Crippen LogP contribution in [0.15, 0.2) is 29.8 Å². The number of benzene rings is 1. The summed E-state index contributed by atoms with van der Waals surface area (Å²) in [6.07, 6.45) is 0. The zero-order chi connectivity index (χ0) is 15.2. The Morgan fingerprint density at radius 3 is 2.71 bits per heavy atom. The third-order valence-electron chi connectivity index (χ3n) is 2.93. The number of aromatic nitrogens is 1. The van der Waals surface area contributed by atoms with Crippen molar-refractivity contribution >= 4 is 23.2 Å². The second-order valence-electron chi connectivity index (χ2n) is 4.51. The number of rotatable bonds is 5. The highest BCUT2D eigenvalue weighted by molar-refractivity contribution is 7.11. The van der Waals surface area contributed by atoms with E-state index in [0.29, 0.717) is 23.5 Å². The maximum absolute atomic E-state index is 12.0. The zero-order valence-electron chi connectivity index (χ0n) is 12.0. The highest BCUT2D eigenvalue weighted by atomic mass is 32.1. The van der Waals surface area contributed by atoms with Crippen molar-refractivity contribution in [1.82, 2.24) is 15.6 Å². The van der Waals surface area contributed by atoms with Crippen molar-refractivity contribution < 1.29 is 9.59 Å². The van der Waals surface area contributed by atoms with Gasteiger partial charge in [0.05, 0.1) is 11.2 Å². The summed E-state index contributed by atoms with van der Waals surface area (Å²) in [4.78, 5) is 28.4. The van der Waals surface area contributed by atoms with Gasteiger partial charge in [0.2, 0.25) is 0 Å². The van der Waals surface area contributed by atoms with Crippen LogP contribution >= 0.6 is 11.3 Å². The first-order valence-corrected chi connectivity index (χ1v) is 7.55. The Labute approximate surface area is 127 Å². The molecule has 0 aliphatic rings. The molecule has 1 heterocycles. The molecule has 0 bridgehead atoms. The molecule has 0 atom stereocenters. The first-order chi connectivity index (χ1) is 10.1. The molecule has 0 fully saturated rings. The molecule has 0 unspecified atom stereocenters. The second-order valence-corrected chi connectivity index (χ2v) is 5.36. The van der Waals surface area contributed by atoms with Crippen molar-refractivity contribution in [1.29, 1.82) is 0 Å². The number of hydrogen-bond acceptors (Lipinski definition) is 4. The Kier molecular flexibility index (Phi) is 5.05. The van der Waals surface area contributed by atoms with Gasteiger partial charge >= 0.3 is 0 Å². The van der Waals surface area contributed by atoms with E-state index in [1.165, 1.54) is 11.3 Å². The minimum atomic E-state index is -0.140. The van der Waals surface area contributed by atoms with Crippen LogP contribution in [0.25, 0.3) is 0 Å². The van der Waals surface area contributed by atoms with Crippen molar-refractivity contribution in [2.75, 3.05) is 6.54 Å². The average Bonchev–Trinajstić information content (AvgIpc) is 2.91. The summed E-state index contributed by atoms with van der Waals surface area (Å²) in [5.74, 6) is -0.248. The summed E-state index contributed by atoms with van der Waals surface area (Å²) in [6, 6.07) is 7.22. The molecule has 21 heavy (non-hydrogen) atoms. The first-order valence-electron chi connectivity index (χ1n) is 6.67. The highest BCUT2D eigenvalue weighted by Crippen LogP contribution is 2.12. The van der Waals surface area contributed by atoms with Gasteiger partial charge < -0.3 is 10.6 Å². The predicted molar refractivity (Wildman–Crippen MR) is 82.5 cm³/mol. The molecule has 2 rings (SSSR count). The predicted octanol–water partition coefficient (Wildman–Crippen LogP) is 2.13. The second kappa shape index (κ2) is 6.99. The summed E-state index contributed by atoms with van der Waals surface area (Å²) in [5.41, 5.74) is 3.86. The minimum Gasteiger partial charge on any atom is -0.352 e. The zero-order valence-corrected chi connectivity index (χ0v) is 12.8. The Morgan fingerprint density at radius 1 is 1.24 bits per heavy atom. The van der Waals surface area contributed by atoms with Gasteiger partial charge in [-0.3, -0.25) is 9.59 Å². The summed E-state index contributed by atoms with van der Waals surface area (Å²) >= 11 is 1.32. The fraction of sp³-hybridized carbons (Fsp3) is 0.267. The van der Waals surface area contributed by atoms with Gasteiger partial charge in [-0.05, 0) is 31.5 Å². The van der Waals surface area contributed by atoms with E-state index < -0.39 is 0 Å². The third-order valence-corrected chi connectivity index (χ3v) is 3.86. The summed E-state index contributed by atoms with van der Waals surface area (Å²) in [7, 11) is 0. The summed E-state index contributed by atoms with van der Waals surface area (Å²) < 4.78 is 0. The molecule has 0 aliphatic heterocycles. The molecule has 2 aromatic rings. The van der Waals surface area contributed by atoms with Gasteiger partial charge in [0.25, 0.3) is 11.8 Å². The molecule has 5 nitrogen and oxygen atoms in total. The lowest BCUT2D eigenvalue weighted by molar-refractivity contribution is 0.0949. The van der Waals surface area contributed by atoms with Crippen molar-refractivity contribution in [3.05, 3.63) is 51.5 Å². The van der Waals surface area contributed by atoms with Gasteiger partial charge in [0.15, 0.2) is 0 Å².